The maximum absolute atomic E-state index is 4.12. The Morgan fingerprint density at radius 2 is 1.42 bits per heavy atom. The first-order valence-corrected chi connectivity index (χ1v) is 9.74. The summed E-state index contributed by atoms with van der Waals surface area (Å²) in [5, 5.41) is 0. The van der Waals surface area contributed by atoms with Crippen molar-refractivity contribution in [1.82, 2.24) is 4.90 Å². The maximum Gasteiger partial charge on any atom is 0.00160 e. The highest BCUT2D eigenvalue weighted by Crippen LogP contribution is 2.37. The third-order valence-corrected chi connectivity index (χ3v) is 4.65. The number of hydrogen-bond donors (Lipinski definition) is 0. The molecule has 140 valence electrons. The molecule has 0 N–H and O–H groups in total. The first-order chi connectivity index (χ1) is 12.7. The number of nitrogens with zero attached hydrogens (tertiary/aromatic N) is 1. The van der Waals surface area contributed by atoms with Gasteiger partial charge >= 0.3 is 0 Å². The molecule has 0 bridgehead atoms. The number of likely N-dealkylation sites (tertiary alicyclic amines) is 1. The molecule has 1 nitrogen and oxygen atoms in total. The molecule has 1 heteroatoms. The van der Waals surface area contributed by atoms with Gasteiger partial charge < -0.3 is 4.90 Å². The Bertz CT molecular complexity index is 680. The van der Waals surface area contributed by atoms with Crippen molar-refractivity contribution in [1.29, 1.82) is 0 Å². The molecule has 0 amide bonds. The van der Waals surface area contributed by atoms with Crippen molar-refractivity contribution in [3.63, 3.8) is 0 Å². The van der Waals surface area contributed by atoms with Crippen molar-refractivity contribution in [2.75, 3.05) is 20.1 Å². The van der Waals surface area contributed by atoms with Crippen LogP contribution in [0, 0.1) is 0 Å². The predicted molar refractivity (Wildman–Crippen MR) is 118 cm³/mol. The summed E-state index contributed by atoms with van der Waals surface area (Å²) in [6.45, 7) is 18.5. The summed E-state index contributed by atoms with van der Waals surface area (Å²) in [6.07, 6.45) is 19.1. The zero-order valence-corrected chi connectivity index (χ0v) is 17.3. The lowest BCUT2D eigenvalue weighted by Gasteiger charge is -2.28. The fourth-order valence-corrected chi connectivity index (χ4v) is 3.38. The van der Waals surface area contributed by atoms with E-state index in [1.807, 2.05) is 26.0 Å². The molecule has 0 atom stereocenters. The van der Waals surface area contributed by atoms with Gasteiger partial charge in [0.25, 0.3) is 0 Å². The zero-order chi connectivity index (χ0) is 19.5. The van der Waals surface area contributed by atoms with E-state index in [0.29, 0.717) is 0 Å². The first kappa shape index (κ1) is 21.9. The van der Waals surface area contributed by atoms with Gasteiger partial charge in [-0.2, -0.15) is 0 Å². The van der Waals surface area contributed by atoms with Crippen LogP contribution in [0.4, 0.5) is 0 Å². The third-order valence-electron chi connectivity index (χ3n) is 4.65. The van der Waals surface area contributed by atoms with Gasteiger partial charge in [-0.05, 0) is 61.6 Å². The van der Waals surface area contributed by atoms with E-state index in [0.717, 1.165) is 25.9 Å². The summed E-state index contributed by atoms with van der Waals surface area (Å²) in [7, 11) is 2.20. The van der Waals surface area contributed by atoms with Crippen LogP contribution in [0.25, 0.3) is 0 Å². The van der Waals surface area contributed by atoms with Crippen LogP contribution in [0.1, 0.15) is 40.5 Å². The lowest BCUT2D eigenvalue weighted by Crippen LogP contribution is -2.27. The Morgan fingerprint density at radius 1 is 0.846 bits per heavy atom. The monoisotopic (exact) mass is 349 g/mol. The molecule has 0 radical (unpaired) electrons. The molecule has 0 spiro atoms. The van der Waals surface area contributed by atoms with Crippen LogP contribution in [0.3, 0.4) is 0 Å². The van der Waals surface area contributed by atoms with Crippen LogP contribution in [0.5, 0.6) is 0 Å². The summed E-state index contributed by atoms with van der Waals surface area (Å²) in [5.41, 5.74) is 7.76. The molecule has 1 heterocycles. The predicted octanol–water partition coefficient (Wildman–Crippen LogP) is 6.72. The SMILES string of the molecule is C=CC1=C(/C=C\C)C(=C2CCN(C)CC2)C(C=C)=C(/C=C\C)C=C1.CC. The van der Waals surface area contributed by atoms with Crippen molar-refractivity contribution in [3.05, 3.63) is 95.2 Å². The lowest BCUT2D eigenvalue weighted by atomic mass is 9.85. The van der Waals surface area contributed by atoms with Crippen LogP contribution in [-0.2, 0) is 0 Å². The number of rotatable bonds is 4. The molecule has 0 unspecified atom stereocenters. The van der Waals surface area contributed by atoms with Gasteiger partial charge in [0.15, 0.2) is 0 Å². The largest absolute Gasteiger partial charge is 0.306 e. The van der Waals surface area contributed by atoms with E-state index in [4.69, 9.17) is 0 Å². The van der Waals surface area contributed by atoms with Crippen molar-refractivity contribution in [2.45, 2.75) is 40.5 Å². The molecule has 1 aliphatic heterocycles. The molecule has 0 aromatic heterocycles. The van der Waals surface area contributed by atoms with Crippen molar-refractivity contribution >= 4 is 0 Å². The van der Waals surface area contributed by atoms with E-state index in [9.17, 15) is 0 Å². The Morgan fingerprint density at radius 3 is 1.92 bits per heavy atom. The summed E-state index contributed by atoms with van der Waals surface area (Å²) in [4.78, 5) is 2.40. The topological polar surface area (TPSA) is 3.24 Å². The quantitative estimate of drug-likeness (QED) is 0.544. The molecule has 0 aromatic carbocycles. The minimum Gasteiger partial charge on any atom is -0.306 e. The Hall–Kier alpha value is -2.12. The molecular weight excluding hydrogens is 314 g/mol. The van der Waals surface area contributed by atoms with Gasteiger partial charge in [0.2, 0.25) is 0 Å². The Balaban J connectivity index is 0.00000163. The molecule has 2 aliphatic rings. The van der Waals surface area contributed by atoms with Crippen molar-refractivity contribution in [2.24, 2.45) is 0 Å². The Labute approximate surface area is 161 Å². The second-order valence-corrected chi connectivity index (χ2v) is 6.26. The summed E-state index contributed by atoms with van der Waals surface area (Å²) in [6, 6.07) is 0. The highest BCUT2D eigenvalue weighted by atomic mass is 15.1. The molecular formula is C25H35N. The highest BCUT2D eigenvalue weighted by molar-refractivity contribution is 5.68. The fraction of sp³-hybridized carbons (Fsp3) is 0.360. The average molecular weight is 350 g/mol. The van der Waals surface area contributed by atoms with Gasteiger partial charge in [-0.15, -0.1) is 0 Å². The van der Waals surface area contributed by atoms with E-state index >= 15 is 0 Å². The van der Waals surface area contributed by atoms with E-state index in [1.54, 1.807) is 0 Å². The summed E-state index contributed by atoms with van der Waals surface area (Å²) >= 11 is 0. The minimum absolute atomic E-state index is 1.11. The van der Waals surface area contributed by atoms with E-state index in [-0.39, 0.29) is 0 Å². The fourth-order valence-electron chi connectivity index (χ4n) is 3.38. The maximum atomic E-state index is 4.12. The van der Waals surface area contributed by atoms with Crippen LogP contribution in [0.2, 0.25) is 0 Å². The van der Waals surface area contributed by atoms with Gasteiger partial charge in [-0.3, -0.25) is 0 Å². The van der Waals surface area contributed by atoms with Crippen molar-refractivity contribution in [3.8, 4) is 0 Å². The van der Waals surface area contributed by atoms with E-state index in [1.165, 1.54) is 33.4 Å². The molecule has 2 rings (SSSR count). The van der Waals surface area contributed by atoms with Gasteiger partial charge in [0, 0.05) is 13.1 Å². The van der Waals surface area contributed by atoms with Crippen LogP contribution >= 0.6 is 0 Å². The van der Waals surface area contributed by atoms with Gasteiger partial charge in [0.05, 0.1) is 0 Å². The first-order valence-electron chi connectivity index (χ1n) is 9.74. The number of allylic oxidation sites excluding steroid dienone is 13. The second kappa shape index (κ2) is 11.5. The lowest BCUT2D eigenvalue weighted by molar-refractivity contribution is 0.311. The number of hydrogen-bond acceptors (Lipinski definition) is 1. The highest BCUT2D eigenvalue weighted by Gasteiger charge is 2.21. The molecule has 0 aromatic rings. The zero-order valence-electron chi connectivity index (χ0n) is 17.3. The van der Waals surface area contributed by atoms with Crippen LogP contribution in [0.15, 0.2) is 95.2 Å². The van der Waals surface area contributed by atoms with Gasteiger partial charge in [-0.1, -0.05) is 81.2 Å². The van der Waals surface area contributed by atoms with Crippen molar-refractivity contribution < 1.29 is 0 Å². The normalized spacial score (nSPS) is 19.1. The van der Waals surface area contributed by atoms with Crippen LogP contribution < -0.4 is 0 Å². The molecule has 0 saturated carbocycles. The molecule has 1 fully saturated rings. The minimum atomic E-state index is 1.11. The molecule has 26 heavy (non-hydrogen) atoms. The second-order valence-electron chi connectivity index (χ2n) is 6.26. The van der Waals surface area contributed by atoms with Gasteiger partial charge in [-0.25, -0.2) is 0 Å². The summed E-state index contributed by atoms with van der Waals surface area (Å²) in [5.74, 6) is 0. The average Bonchev–Trinajstić information content (AvgIpc) is 2.81. The smallest absolute Gasteiger partial charge is 0.00160 e. The van der Waals surface area contributed by atoms with E-state index in [2.05, 4.69) is 75.4 Å². The number of piperidine rings is 1. The van der Waals surface area contributed by atoms with Gasteiger partial charge in [0.1, 0.15) is 0 Å². The molecule has 1 saturated heterocycles. The third kappa shape index (κ3) is 5.19. The molecule has 1 aliphatic carbocycles. The van der Waals surface area contributed by atoms with Crippen LogP contribution in [-0.4, -0.2) is 25.0 Å². The Kier molecular flexibility index (Phi) is 9.69. The summed E-state index contributed by atoms with van der Waals surface area (Å²) < 4.78 is 0. The van der Waals surface area contributed by atoms with E-state index < -0.39 is 0 Å². The standard InChI is InChI=1S/C23H29N.C2H6/c1-6-10-19-13-12-18(8-3)22(11-7-2)23(21(19)9-4)20-14-16-24(5)17-15-20;1-2/h6-13H,3-4,14-17H2,1-2,5H3;1-2H3/b10-6-,11-7-;.